The van der Waals surface area contributed by atoms with Gasteiger partial charge in [-0.2, -0.15) is 0 Å². The lowest BCUT2D eigenvalue weighted by Crippen LogP contribution is -2.44. The molecule has 1 aromatic carbocycles. The average molecular weight is 378 g/mol. The van der Waals surface area contributed by atoms with Crippen molar-refractivity contribution in [2.75, 3.05) is 64.8 Å². The molecule has 0 spiro atoms. The predicted octanol–water partition coefficient (Wildman–Crippen LogP) is 2.24. The summed E-state index contributed by atoms with van der Waals surface area (Å²) in [7, 11) is 2.18. The molecule has 1 heterocycles. The second-order valence-electron chi connectivity index (χ2n) is 6.77. The van der Waals surface area contributed by atoms with E-state index in [1.165, 1.54) is 13.1 Å². The molecule has 152 valence electrons. The Morgan fingerprint density at radius 2 is 1.85 bits per heavy atom. The molecule has 0 amide bonds. The van der Waals surface area contributed by atoms with Gasteiger partial charge in [0.25, 0.3) is 0 Å². The van der Waals surface area contributed by atoms with Gasteiger partial charge in [-0.1, -0.05) is 0 Å². The van der Waals surface area contributed by atoms with Gasteiger partial charge in [0.2, 0.25) is 0 Å². The minimum atomic E-state index is 0.407. The Bertz CT molecular complexity index is 586. The maximum atomic E-state index is 6.06. The molecule has 1 aliphatic heterocycles. The maximum Gasteiger partial charge on any atom is 0.193 e. The third-order valence-corrected chi connectivity index (χ3v) is 4.59. The lowest BCUT2D eigenvalue weighted by atomic mass is 10.2. The van der Waals surface area contributed by atoms with Crippen molar-refractivity contribution in [2.45, 2.75) is 26.7 Å². The van der Waals surface area contributed by atoms with Crippen LogP contribution in [-0.4, -0.2) is 75.3 Å². The summed E-state index contributed by atoms with van der Waals surface area (Å²) >= 11 is 0. The van der Waals surface area contributed by atoms with Crippen LogP contribution in [0.1, 0.15) is 26.7 Å². The number of piperazine rings is 1. The second kappa shape index (κ2) is 11.7. The number of hydrogen-bond donors (Lipinski definition) is 2. The molecular formula is C20H35N5O2. The molecule has 7 nitrogen and oxygen atoms in total. The van der Waals surface area contributed by atoms with Crippen LogP contribution >= 0.6 is 0 Å². The highest BCUT2D eigenvalue weighted by Gasteiger charge is 2.12. The van der Waals surface area contributed by atoms with Crippen LogP contribution in [0.2, 0.25) is 0 Å². The molecule has 1 saturated heterocycles. The van der Waals surface area contributed by atoms with Gasteiger partial charge in [0.15, 0.2) is 5.96 Å². The summed E-state index contributed by atoms with van der Waals surface area (Å²) in [6, 6.07) is 5.68. The van der Waals surface area contributed by atoms with Crippen LogP contribution in [-0.2, 0) is 0 Å². The molecule has 7 heteroatoms. The predicted molar refractivity (Wildman–Crippen MR) is 112 cm³/mol. The molecule has 0 saturated carbocycles. The number of nitrogens with zero attached hydrogens (tertiary/aromatic N) is 3. The zero-order chi connectivity index (χ0) is 19.5. The Kier molecular flexibility index (Phi) is 9.21. The minimum absolute atomic E-state index is 0.407. The van der Waals surface area contributed by atoms with Crippen LogP contribution in [0.5, 0.6) is 11.5 Å². The van der Waals surface area contributed by atoms with Crippen LogP contribution in [0.15, 0.2) is 23.2 Å². The van der Waals surface area contributed by atoms with Crippen molar-refractivity contribution < 1.29 is 9.47 Å². The van der Waals surface area contributed by atoms with Crippen molar-refractivity contribution in [1.29, 1.82) is 0 Å². The van der Waals surface area contributed by atoms with Crippen molar-refractivity contribution in [3.05, 3.63) is 18.2 Å². The first-order valence-corrected chi connectivity index (χ1v) is 9.99. The number of rotatable bonds is 10. The maximum absolute atomic E-state index is 6.06. The van der Waals surface area contributed by atoms with E-state index in [1.54, 1.807) is 0 Å². The molecule has 1 fully saturated rings. The van der Waals surface area contributed by atoms with E-state index < -0.39 is 0 Å². The van der Waals surface area contributed by atoms with Gasteiger partial charge in [-0.05, 0) is 52.4 Å². The number of likely N-dealkylation sites (N-methyl/N-ethyl adjacent to an activating group) is 1. The van der Waals surface area contributed by atoms with Crippen molar-refractivity contribution in [2.24, 2.45) is 10.7 Å². The van der Waals surface area contributed by atoms with E-state index in [4.69, 9.17) is 15.2 Å². The molecule has 0 radical (unpaired) electrons. The van der Waals surface area contributed by atoms with E-state index >= 15 is 0 Å². The molecule has 0 aromatic heterocycles. The monoisotopic (exact) mass is 377 g/mol. The molecule has 1 aliphatic rings. The zero-order valence-corrected chi connectivity index (χ0v) is 17.0. The molecule has 0 aliphatic carbocycles. The van der Waals surface area contributed by atoms with Crippen LogP contribution < -0.4 is 20.5 Å². The summed E-state index contributed by atoms with van der Waals surface area (Å²) in [6.45, 7) is 11.6. The lowest BCUT2D eigenvalue weighted by Gasteiger charge is -2.32. The largest absolute Gasteiger partial charge is 0.494 e. The second-order valence-corrected chi connectivity index (χ2v) is 6.77. The van der Waals surface area contributed by atoms with Gasteiger partial charge >= 0.3 is 0 Å². The van der Waals surface area contributed by atoms with E-state index in [2.05, 4.69) is 27.2 Å². The number of nitrogens with one attached hydrogen (secondary N) is 1. The SMILES string of the molecule is CCOc1ccc(OCC)c(NC(N)=NCCCCN2CCN(C)CC2)c1. The van der Waals surface area contributed by atoms with Gasteiger partial charge in [0, 0.05) is 38.8 Å². The first kappa shape index (κ1) is 21.3. The first-order chi connectivity index (χ1) is 13.1. The van der Waals surface area contributed by atoms with E-state index in [0.29, 0.717) is 19.2 Å². The van der Waals surface area contributed by atoms with Gasteiger partial charge in [0.1, 0.15) is 11.5 Å². The fourth-order valence-electron chi connectivity index (χ4n) is 3.04. The number of ether oxygens (including phenoxy) is 2. The molecule has 0 bridgehead atoms. The van der Waals surface area contributed by atoms with Crippen molar-refractivity contribution in [1.82, 2.24) is 9.80 Å². The van der Waals surface area contributed by atoms with Gasteiger partial charge in [0.05, 0.1) is 18.9 Å². The summed E-state index contributed by atoms with van der Waals surface area (Å²) in [5.74, 6) is 1.93. The smallest absolute Gasteiger partial charge is 0.193 e. The molecule has 2 rings (SSSR count). The van der Waals surface area contributed by atoms with Gasteiger partial charge in [-0.3, -0.25) is 4.99 Å². The van der Waals surface area contributed by atoms with Gasteiger partial charge in [-0.15, -0.1) is 0 Å². The van der Waals surface area contributed by atoms with E-state index in [-0.39, 0.29) is 0 Å². The van der Waals surface area contributed by atoms with Crippen LogP contribution in [0, 0.1) is 0 Å². The normalized spacial score (nSPS) is 16.3. The van der Waals surface area contributed by atoms with Crippen molar-refractivity contribution in [3.8, 4) is 11.5 Å². The third kappa shape index (κ3) is 7.64. The van der Waals surface area contributed by atoms with Gasteiger partial charge in [-0.25, -0.2) is 0 Å². The highest BCUT2D eigenvalue weighted by Crippen LogP contribution is 2.29. The Morgan fingerprint density at radius 3 is 2.56 bits per heavy atom. The fourth-order valence-corrected chi connectivity index (χ4v) is 3.04. The number of guanidine groups is 1. The third-order valence-electron chi connectivity index (χ3n) is 4.59. The molecule has 27 heavy (non-hydrogen) atoms. The Balaban J connectivity index is 1.77. The molecule has 3 N–H and O–H groups in total. The number of anilines is 1. The van der Waals surface area contributed by atoms with Crippen LogP contribution in [0.4, 0.5) is 5.69 Å². The molecule has 0 unspecified atom stereocenters. The van der Waals surface area contributed by atoms with Gasteiger partial charge < -0.3 is 30.3 Å². The number of benzene rings is 1. The number of nitrogens with two attached hydrogens (primary N) is 1. The Morgan fingerprint density at radius 1 is 1.11 bits per heavy atom. The Hall–Kier alpha value is -1.99. The van der Waals surface area contributed by atoms with Crippen molar-refractivity contribution >= 4 is 11.6 Å². The molecule has 0 atom stereocenters. The average Bonchev–Trinajstić information content (AvgIpc) is 2.65. The Labute approximate surface area is 163 Å². The quantitative estimate of drug-likeness (QED) is 0.370. The summed E-state index contributed by atoms with van der Waals surface area (Å²) in [5.41, 5.74) is 6.84. The highest BCUT2D eigenvalue weighted by atomic mass is 16.5. The highest BCUT2D eigenvalue weighted by molar-refractivity contribution is 5.94. The number of unbranched alkanes of at least 4 members (excludes halogenated alkanes) is 1. The van der Waals surface area contributed by atoms with Crippen LogP contribution in [0.25, 0.3) is 0 Å². The summed E-state index contributed by atoms with van der Waals surface area (Å²) in [4.78, 5) is 9.36. The van der Waals surface area contributed by atoms with E-state index in [0.717, 1.165) is 56.2 Å². The zero-order valence-electron chi connectivity index (χ0n) is 17.0. The first-order valence-electron chi connectivity index (χ1n) is 9.99. The van der Waals surface area contributed by atoms with Crippen LogP contribution in [0.3, 0.4) is 0 Å². The summed E-state index contributed by atoms with van der Waals surface area (Å²) < 4.78 is 11.2. The fraction of sp³-hybridized carbons (Fsp3) is 0.650. The number of hydrogen-bond acceptors (Lipinski definition) is 5. The molecular weight excluding hydrogens is 342 g/mol. The topological polar surface area (TPSA) is 75.3 Å². The minimum Gasteiger partial charge on any atom is -0.494 e. The van der Waals surface area contributed by atoms with E-state index in [9.17, 15) is 0 Å². The lowest BCUT2D eigenvalue weighted by molar-refractivity contribution is 0.152. The summed E-state index contributed by atoms with van der Waals surface area (Å²) in [5, 5.41) is 3.15. The number of aliphatic imine (C=N–C) groups is 1. The van der Waals surface area contributed by atoms with E-state index in [1.807, 2.05) is 32.0 Å². The van der Waals surface area contributed by atoms with Crippen molar-refractivity contribution in [3.63, 3.8) is 0 Å². The standard InChI is InChI=1S/C20H35N5O2/c1-4-26-17-8-9-19(27-5-2)18(16-17)23-20(21)22-10-6-7-11-25-14-12-24(3)13-15-25/h8-9,16H,4-7,10-15H2,1-3H3,(H3,21,22,23). The molecule has 1 aromatic rings. The summed E-state index contributed by atoms with van der Waals surface area (Å²) in [6.07, 6.45) is 2.18.